The van der Waals surface area contributed by atoms with Gasteiger partial charge in [-0.3, -0.25) is 20.7 Å². The summed E-state index contributed by atoms with van der Waals surface area (Å²) in [6.45, 7) is 27.3. The van der Waals surface area contributed by atoms with E-state index in [9.17, 15) is 81.7 Å². The van der Waals surface area contributed by atoms with Gasteiger partial charge >= 0.3 is 5.97 Å². The number of hydrogen-bond acceptors (Lipinski definition) is 31. The number of ether oxygens (including phenoxy) is 1. The van der Waals surface area contributed by atoms with Crippen molar-refractivity contribution in [2.75, 3.05) is 5.75 Å². The predicted octanol–water partition coefficient (Wildman–Crippen LogP) is 9.17. The first kappa shape index (κ1) is 84.6. The molecule has 0 amide bonds. The van der Waals surface area contributed by atoms with Crippen LogP contribution >= 0.6 is 57.1 Å². The van der Waals surface area contributed by atoms with Crippen LogP contribution in [0.1, 0.15) is 176 Å². The third-order valence-electron chi connectivity index (χ3n) is 18.2. The van der Waals surface area contributed by atoms with Gasteiger partial charge < -0.3 is 86.4 Å². The van der Waals surface area contributed by atoms with Gasteiger partial charge in [0.15, 0.2) is 6.04 Å². The topological polar surface area (TPSA) is 599 Å². The number of nitrogens with one attached hydrogen (secondary N) is 2. The fourth-order valence-electron chi connectivity index (χ4n) is 11.6. The molecule has 4 aliphatic heterocycles. The second kappa shape index (κ2) is 34.7. The van der Waals surface area contributed by atoms with Crippen LogP contribution in [0.3, 0.4) is 0 Å². The summed E-state index contributed by atoms with van der Waals surface area (Å²) < 4.78 is 6.26. The van der Waals surface area contributed by atoms with Crippen LogP contribution in [0.5, 0.6) is 0 Å². The van der Waals surface area contributed by atoms with E-state index in [0.29, 0.717) is 0 Å². The minimum absolute atomic E-state index is 0.0204. The Kier molecular flexibility index (Phi) is 26.0. The lowest BCUT2D eigenvalue weighted by molar-refractivity contribution is -0.0698. The number of cyclic esters (lactones) is 1. The van der Waals surface area contributed by atoms with Gasteiger partial charge in [-0.15, -0.1) is 57.1 Å². The van der Waals surface area contributed by atoms with Gasteiger partial charge in [0.1, 0.15) is 124 Å². The molecule has 0 saturated heterocycles. The summed E-state index contributed by atoms with van der Waals surface area (Å²) in [6, 6.07) is -10.2. The lowest BCUT2D eigenvalue weighted by atomic mass is 9.81. The number of nitrogens with zero attached hydrogens (tertiary/aromatic N) is 17. The fraction of sp³-hybridized carbons (Fsp3) is 0.394. The SMILES string of the molecule is C=C(N=C(O)C(=C)N=C(O)c1csc(C2=NC3c4csc(n4)C4N=C(O)c5csc(n5)C(C(C)(O)C(C)O)N=C(O)C5CSC(=N5)/C(=C/C)N=C(O)C(C(C)O)N=C(O)c5csc(n5)C3(CC2)N=C(O)C(C)N=C(O)C(=C)N=C(O)C(=C)N=C(O)C(C(C)C)NC2C=Cc3c(C(C)O)cc(nc3C2O)C(=O)OC4C)n1)C(=N)O. The Hall–Kier alpha value is -10.8. The second-order valence-corrected chi connectivity index (χ2v) is 31.3. The van der Waals surface area contributed by atoms with Crippen molar-refractivity contribution >= 4 is 145 Å². The summed E-state index contributed by atoms with van der Waals surface area (Å²) in [5, 5.41) is 200. The smallest absolute Gasteiger partial charge is 0.357 e. The van der Waals surface area contributed by atoms with Gasteiger partial charge in [0, 0.05) is 32.8 Å². The zero-order chi connectivity index (χ0) is 82.7. The molecule has 113 heavy (non-hydrogen) atoms. The van der Waals surface area contributed by atoms with Crippen molar-refractivity contribution in [2.24, 2.45) is 65.8 Å². The van der Waals surface area contributed by atoms with E-state index in [0.717, 1.165) is 57.1 Å². The monoisotopic (exact) mass is 1650 g/mol. The van der Waals surface area contributed by atoms with Gasteiger partial charge in [-0.2, -0.15) is 0 Å². The lowest BCUT2D eigenvalue weighted by Crippen LogP contribution is -2.49. The number of aliphatic hydroxyl groups excluding tert-OH is 15. The maximum Gasteiger partial charge on any atom is 0.357 e. The number of aliphatic imine (C=N–C) groups is 12. The number of allylic oxidation sites excluding steroid dienone is 1. The molecular weight excluding hydrogens is 1570 g/mol. The van der Waals surface area contributed by atoms with E-state index < -0.39 is 195 Å². The van der Waals surface area contributed by atoms with Crippen LogP contribution in [0, 0.1) is 11.3 Å². The molecule has 0 fully saturated rings. The van der Waals surface area contributed by atoms with E-state index in [-0.39, 0.29) is 94.7 Å². The third-order valence-corrected chi connectivity index (χ3v) is 23.0. The number of pyridine rings is 1. The van der Waals surface area contributed by atoms with Crippen molar-refractivity contribution in [1.82, 2.24) is 30.2 Å². The molecule has 0 saturated carbocycles. The predicted molar refractivity (Wildman–Crippen MR) is 433 cm³/mol. The maximum atomic E-state index is 15.0. The Morgan fingerprint density at radius 2 is 1.43 bits per heavy atom. The van der Waals surface area contributed by atoms with Crippen molar-refractivity contribution in [1.29, 1.82) is 5.41 Å². The Labute approximate surface area is 664 Å². The van der Waals surface area contributed by atoms with Gasteiger partial charge in [0.05, 0.1) is 53.2 Å². The molecule has 18 N–H and O–H groups in total. The maximum absolute atomic E-state index is 15.0. The van der Waals surface area contributed by atoms with E-state index in [2.05, 4.69) is 91.5 Å². The normalized spacial score (nSPS) is 26.6. The first-order chi connectivity index (χ1) is 53.2. The van der Waals surface area contributed by atoms with Crippen molar-refractivity contribution in [3.63, 3.8) is 0 Å². The third kappa shape index (κ3) is 18.5. The average molecular weight is 1650 g/mol. The van der Waals surface area contributed by atoms with Gasteiger partial charge in [-0.1, -0.05) is 58.4 Å². The quantitative estimate of drug-likeness (QED) is 0.0333. The molecule has 5 aliphatic rings. The molecule has 1 aliphatic carbocycles. The average Bonchev–Trinajstić information content (AvgIpc) is 1.66. The van der Waals surface area contributed by atoms with Crippen LogP contribution < -0.4 is 5.32 Å². The number of carbonyl (C=O) groups excluding carboxylic acids is 1. The van der Waals surface area contributed by atoms with Crippen LogP contribution in [0.25, 0.3) is 6.08 Å². The van der Waals surface area contributed by atoms with E-state index in [1.165, 1.54) is 81.3 Å². The van der Waals surface area contributed by atoms with Gasteiger partial charge in [0.2, 0.25) is 64.9 Å². The van der Waals surface area contributed by atoms with Gasteiger partial charge in [-0.05, 0) is 78.9 Å². The van der Waals surface area contributed by atoms with E-state index >= 15 is 4.79 Å². The summed E-state index contributed by atoms with van der Waals surface area (Å²) in [7, 11) is 0. The molecule has 10 rings (SSSR count). The number of aliphatic hydroxyl groups is 16. The van der Waals surface area contributed by atoms with Crippen LogP contribution in [0.4, 0.5) is 0 Å². The molecule has 0 spiro atoms. The minimum atomic E-state index is -2.20. The molecule has 13 bridgehead atoms. The highest BCUT2D eigenvalue weighted by Gasteiger charge is 2.50. The molecular formula is C71H81N19O18S5. The number of hydrogen-bond donors (Lipinski definition) is 18. The standard InChI is InChI=1S/C71H81N19O18S5/c1-14-37-64-83-44(22-109-64)61(103)89-52(70(13,107)34(12)93)67-85-43(23-112-67)59(101)88-48-33(11)108-68(106)40-19-36(31(9)91)35-15-16-38(50(94)49(35)79-40)78-46(25(2)3)62(104)77-29(7)56(98)74-27(5)55(97)75-30(8)57(99)90-71(69-86-45(24-113-69)60(102)87-47(32(10)92)63(105)81-37)18-17-39(80-51(71)41-20-111-66(48)82-41)65-84-42(21-110-65)58(100)76-28(6)54(96)73-26(4)53(72)95/h14-16,19-21,23-25,30-34,38,44,46-48,50-52,78,91-94,107H,4-7,17-18,22H2,1-3,8-13H3,(H2,72,95)(H,73,96)(H,74,98)(H,75,97)(H,76,100)(H,77,104)(H,81,105)(H,87,102)(H,88,101)(H,89,103)(H,90,99)/b37-14-. The molecule has 15 unspecified atom stereocenters. The summed E-state index contributed by atoms with van der Waals surface area (Å²) in [4.78, 5) is 91.2. The van der Waals surface area contributed by atoms with Gasteiger partial charge in [0.25, 0.3) is 0 Å². The second-order valence-electron chi connectivity index (χ2n) is 26.8. The molecule has 37 nitrogen and oxygen atoms in total. The molecule has 0 radical (unpaired) electrons. The molecule has 598 valence electrons. The Balaban J connectivity index is 1.25. The Morgan fingerprint density at radius 1 is 0.752 bits per heavy atom. The van der Waals surface area contributed by atoms with Crippen molar-refractivity contribution in [3.05, 3.63) is 160 Å². The summed E-state index contributed by atoms with van der Waals surface area (Å²) in [6.07, 6.45) is -3.49. The van der Waals surface area contributed by atoms with E-state index in [1.54, 1.807) is 26.8 Å². The van der Waals surface area contributed by atoms with Crippen molar-refractivity contribution < 1.29 is 91.2 Å². The van der Waals surface area contributed by atoms with Crippen LogP contribution in [0.15, 0.2) is 154 Å². The summed E-state index contributed by atoms with van der Waals surface area (Å²) in [5.74, 6) is -11.1. The molecule has 42 heteroatoms. The van der Waals surface area contributed by atoms with Crippen molar-refractivity contribution in [3.8, 4) is 0 Å². The number of thioether (sulfide) groups is 1. The Bertz CT molecular complexity index is 5090. The van der Waals surface area contributed by atoms with Gasteiger partial charge in [-0.25, -0.2) is 79.6 Å². The zero-order valence-corrected chi connectivity index (χ0v) is 65.8. The zero-order valence-electron chi connectivity index (χ0n) is 61.8. The van der Waals surface area contributed by atoms with Crippen LogP contribution in [-0.2, 0) is 10.3 Å². The molecule has 0 aromatic carbocycles. The molecule has 5 aromatic rings. The number of fused-ring (bicyclic) bond motifs is 7. The number of thiazole rings is 4. The molecule has 15 atom stereocenters. The van der Waals surface area contributed by atoms with E-state index in [4.69, 9.17) is 35.1 Å². The molecule has 5 aromatic heterocycles. The first-order valence-corrected chi connectivity index (χ1v) is 38.9. The first-order valence-electron chi connectivity index (χ1n) is 34.4. The summed E-state index contributed by atoms with van der Waals surface area (Å²) >= 11 is 4.56. The number of aromatic nitrogens is 5. The molecule has 9 heterocycles. The van der Waals surface area contributed by atoms with Crippen molar-refractivity contribution in [2.45, 2.75) is 165 Å². The van der Waals surface area contributed by atoms with Crippen LogP contribution in [-0.4, -0.2) is 248 Å². The highest BCUT2D eigenvalue weighted by Crippen LogP contribution is 2.51. The largest absolute Gasteiger partial charge is 0.495 e. The lowest BCUT2D eigenvalue weighted by Gasteiger charge is -2.37. The number of esters is 1. The number of carbonyl (C=O) groups is 1. The Morgan fingerprint density at radius 3 is 2.11 bits per heavy atom. The highest BCUT2D eigenvalue weighted by molar-refractivity contribution is 8.14. The number of rotatable bonds is 11. The fourth-order valence-corrected chi connectivity index (χ4v) is 16.4. The minimum Gasteiger partial charge on any atom is -0.495 e. The highest BCUT2D eigenvalue weighted by atomic mass is 32.2. The van der Waals surface area contributed by atoms with Crippen LogP contribution in [0.2, 0.25) is 0 Å². The van der Waals surface area contributed by atoms with E-state index in [1.807, 2.05) is 0 Å². The summed E-state index contributed by atoms with van der Waals surface area (Å²) in [5.41, 5.74) is -7.44.